The molecule has 1 aliphatic heterocycles. The van der Waals surface area contributed by atoms with E-state index in [4.69, 9.17) is 0 Å². The fourth-order valence-electron chi connectivity index (χ4n) is 1.98. The summed E-state index contributed by atoms with van der Waals surface area (Å²) in [7, 11) is 0. The van der Waals surface area contributed by atoms with E-state index in [2.05, 4.69) is 10.6 Å². The van der Waals surface area contributed by atoms with E-state index in [1.165, 1.54) is 0 Å². The standard InChI is InChI=1S/C10H15F3N2O/c1-8(4-5-14-6-8)7(16)15-9(2-3-9)10(11,12)13/h14H,2-6H2,1H3,(H,15,16). The van der Waals surface area contributed by atoms with Crippen LogP contribution < -0.4 is 10.6 Å². The number of rotatable bonds is 2. The number of carbonyl (C=O) groups excluding carboxylic acids is 1. The molecule has 0 aromatic carbocycles. The molecule has 0 radical (unpaired) electrons. The quantitative estimate of drug-likeness (QED) is 0.756. The molecule has 1 saturated carbocycles. The van der Waals surface area contributed by atoms with Crippen LogP contribution in [-0.4, -0.2) is 30.7 Å². The molecule has 6 heteroatoms. The fourth-order valence-corrected chi connectivity index (χ4v) is 1.98. The minimum Gasteiger partial charge on any atom is -0.341 e. The molecule has 0 spiro atoms. The minimum atomic E-state index is -4.33. The van der Waals surface area contributed by atoms with Crippen LogP contribution in [0.25, 0.3) is 0 Å². The Morgan fingerprint density at radius 1 is 1.31 bits per heavy atom. The maximum absolute atomic E-state index is 12.6. The van der Waals surface area contributed by atoms with Gasteiger partial charge < -0.3 is 10.6 Å². The summed E-state index contributed by atoms with van der Waals surface area (Å²) in [5.41, 5.74) is -2.63. The van der Waals surface area contributed by atoms with Crippen LogP contribution in [0.3, 0.4) is 0 Å². The Bertz CT molecular complexity index is 304. The summed E-state index contributed by atoms with van der Waals surface area (Å²) >= 11 is 0. The van der Waals surface area contributed by atoms with Crippen molar-refractivity contribution < 1.29 is 18.0 Å². The van der Waals surface area contributed by atoms with E-state index in [0.717, 1.165) is 0 Å². The van der Waals surface area contributed by atoms with E-state index >= 15 is 0 Å². The SMILES string of the molecule is CC1(C(=O)NC2(C(F)(F)F)CC2)CCNC1. The van der Waals surface area contributed by atoms with Gasteiger partial charge in [-0.1, -0.05) is 0 Å². The first-order valence-corrected chi connectivity index (χ1v) is 5.39. The van der Waals surface area contributed by atoms with Crippen molar-refractivity contribution in [2.24, 2.45) is 5.41 Å². The zero-order chi connectivity index (χ0) is 12.0. The second-order valence-corrected chi connectivity index (χ2v) is 5.02. The summed E-state index contributed by atoms with van der Waals surface area (Å²) in [4.78, 5) is 11.8. The van der Waals surface area contributed by atoms with Crippen LogP contribution in [0, 0.1) is 5.41 Å². The molecule has 0 aromatic heterocycles. The van der Waals surface area contributed by atoms with Crippen molar-refractivity contribution in [1.29, 1.82) is 0 Å². The highest BCUT2D eigenvalue weighted by Gasteiger charge is 2.65. The predicted octanol–water partition coefficient (Wildman–Crippen LogP) is 1.20. The molecular weight excluding hydrogens is 221 g/mol. The minimum absolute atomic E-state index is 0.00570. The Morgan fingerprint density at radius 2 is 1.94 bits per heavy atom. The lowest BCUT2D eigenvalue weighted by Gasteiger charge is -2.27. The molecule has 3 nitrogen and oxygen atoms in total. The predicted molar refractivity (Wildman–Crippen MR) is 51.8 cm³/mol. The lowest BCUT2D eigenvalue weighted by atomic mass is 9.88. The highest BCUT2D eigenvalue weighted by molar-refractivity contribution is 5.84. The topological polar surface area (TPSA) is 41.1 Å². The maximum Gasteiger partial charge on any atom is 0.411 e. The fraction of sp³-hybridized carbons (Fsp3) is 0.900. The first-order chi connectivity index (χ1) is 7.29. The summed E-state index contributed by atoms with van der Waals surface area (Å²) in [6.07, 6.45) is -3.73. The molecule has 1 saturated heterocycles. The molecule has 1 heterocycles. The van der Waals surface area contributed by atoms with E-state index in [1.54, 1.807) is 6.92 Å². The first kappa shape index (κ1) is 11.7. The Balaban J connectivity index is 2.03. The van der Waals surface area contributed by atoms with E-state index < -0.39 is 23.0 Å². The second kappa shape index (κ2) is 3.35. The van der Waals surface area contributed by atoms with Gasteiger partial charge in [-0.3, -0.25) is 4.79 Å². The molecular formula is C10H15F3N2O. The van der Waals surface area contributed by atoms with Crippen molar-refractivity contribution in [1.82, 2.24) is 10.6 Å². The Labute approximate surface area is 91.8 Å². The van der Waals surface area contributed by atoms with Gasteiger partial charge in [0.25, 0.3) is 0 Å². The van der Waals surface area contributed by atoms with Gasteiger partial charge >= 0.3 is 6.18 Å². The van der Waals surface area contributed by atoms with Crippen LogP contribution in [0.1, 0.15) is 26.2 Å². The number of nitrogens with one attached hydrogen (secondary N) is 2. The average Bonchev–Trinajstić information content (AvgIpc) is 2.81. The summed E-state index contributed by atoms with van der Waals surface area (Å²) in [5.74, 6) is -0.479. The molecule has 1 amide bonds. The van der Waals surface area contributed by atoms with E-state index in [9.17, 15) is 18.0 Å². The summed E-state index contributed by atoms with van der Waals surface area (Å²) in [6.45, 7) is 2.84. The molecule has 2 rings (SSSR count). The summed E-state index contributed by atoms with van der Waals surface area (Å²) in [6, 6.07) is 0. The lowest BCUT2D eigenvalue weighted by Crippen LogP contribution is -2.53. The van der Waals surface area contributed by atoms with Gasteiger partial charge in [0.1, 0.15) is 5.54 Å². The van der Waals surface area contributed by atoms with E-state index in [-0.39, 0.29) is 12.8 Å². The largest absolute Gasteiger partial charge is 0.411 e. The molecule has 1 atom stereocenters. The van der Waals surface area contributed by atoms with Crippen LogP contribution in [0.5, 0.6) is 0 Å². The maximum atomic E-state index is 12.6. The average molecular weight is 236 g/mol. The number of hydrogen-bond donors (Lipinski definition) is 2. The van der Waals surface area contributed by atoms with Gasteiger partial charge in [-0.25, -0.2) is 0 Å². The molecule has 0 bridgehead atoms. The van der Waals surface area contributed by atoms with E-state index in [0.29, 0.717) is 19.5 Å². The number of amides is 1. The van der Waals surface area contributed by atoms with Crippen molar-refractivity contribution in [3.8, 4) is 0 Å². The third-order valence-electron chi connectivity index (χ3n) is 3.56. The van der Waals surface area contributed by atoms with Gasteiger partial charge in [0.15, 0.2) is 0 Å². The van der Waals surface area contributed by atoms with E-state index in [1.807, 2.05) is 0 Å². The second-order valence-electron chi connectivity index (χ2n) is 5.02. The van der Waals surface area contributed by atoms with Crippen LogP contribution in [0.2, 0.25) is 0 Å². The monoisotopic (exact) mass is 236 g/mol. The zero-order valence-corrected chi connectivity index (χ0v) is 9.08. The van der Waals surface area contributed by atoms with Gasteiger partial charge in [-0.15, -0.1) is 0 Å². The third kappa shape index (κ3) is 1.79. The third-order valence-corrected chi connectivity index (χ3v) is 3.56. The van der Waals surface area contributed by atoms with Crippen LogP contribution >= 0.6 is 0 Å². The van der Waals surface area contributed by atoms with Gasteiger partial charge in [0, 0.05) is 6.54 Å². The van der Waals surface area contributed by atoms with Crippen molar-refractivity contribution in [2.75, 3.05) is 13.1 Å². The first-order valence-electron chi connectivity index (χ1n) is 5.39. The molecule has 2 aliphatic rings. The Morgan fingerprint density at radius 3 is 2.31 bits per heavy atom. The Kier molecular flexibility index (Phi) is 2.45. The van der Waals surface area contributed by atoms with Crippen molar-refractivity contribution in [2.45, 2.75) is 37.9 Å². The molecule has 2 N–H and O–H groups in total. The molecule has 1 unspecified atom stereocenters. The molecule has 92 valence electrons. The van der Waals surface area contributed by atoms with Gasteiger partial charge in [-0.2, -0.15) is 13.2 Å². The number of hydrogen-bond acceptors (Lipinski definition) is 2. The van der Waals surface area contributed by atoms with Gasteiger partial charge in [0.05, 0.1) is 5.41 Å². The number of carbonyl (C=O) groups is 1. The summed E-state index contributed by atoms with van der Waals surface area (Å²) < 4.78 is 37.9. The van der Waals surface area contributed by atoms with Gasteiger partial charge in [-0.05, 0) is 32.7 Å². The Hall–Kier alpha value is -0.780. The highest BCUT2D eigenvalue weighted by atomic mass is 19.4. The van der Waals surface area contributed by atoms with Crippen LogP contribution in [-0.2, 0) is 4.79 Å². The van der Waals surface area contributed by atoms with Crippen molar-refractivity contribution >= 4 is 5.91 Å². The highest BCUT2D eigenvalue weighted by Crippen LogP contribution is 2.49. The van der Waals surface area contributed by atoms with Crippen molar-refractivity contribution in [3.05, 3.63) is 0 Å². The van der Waals surface area contributed by atoms with Crippen molar-refractivity contribution in [3.63, 3.8) is 0 Å². The molecule has 2 fully saturated rings. The molecule has 1 aliphatic carbocycles. The zero-order valence-electron chi connectivity index (χ0n) is 9.08. The lowest BCUT2D eigenvalue weighted by molar-refractivity contribution is -0.172. The molecule has 16 heavy (non-hydrogen) atoms. The number of halogens is 3. The van der Waals surface area contributed by atoms with Gasteiger partial charge in [0.2, 0.25) is 5.91 Å². The van der Waals surface area contributed by atoms with Crippen LogP contribution in [0.15, 0.2) is 0 Å². The normalized spacial score (nSPS) is 32.5. The number of alkyl halides is 3. The van der Waals surface area contributed by atoms with Crippen LogP contribution in [0.4, 0.5) is 13.2 Å². The smallest absolute Gasteiger partial charge is 0.341 e. The summed E-state index contributed by atoms with van der Waals surface area (Å²) in [5, 5.41) is 5.18. The molecule has 0 aromatic rings.